The van der Waals surface area contributed by atoms with Crippen LogP contribution >= 0.6 is 0 Å². The topological polar surface area (TPSA) is 24.9 Å². The van der Waals surface area contributed by atoms with Crippen molar-refractivity contribution in [3.8, 4) is 0 Å². The lowest BCUT2D eigenvalue weighted by molar-refractivity contribution is 1.09. The van der Waals surface area contributed by atoms with E-state index in [0.29, 0.717) is 6.04 Å². The highest BCUT2D eigenvalue weighted by Gasteiger charge is 2.21. The Kier molecular flexibility index (Phi) is 2.05. The number of nitrogens with one attached hydrogen (secondary N) is 1. The van der Waals surface area contributed by atoms with Crippen LogP contribution in [-0.4, -0.2) is 11.0 Å². The minimum atomic E-state index is 0.668. The molecule has 1 aromatic heterocycles. The minimum absolute atomic E-state index is 0.668. The molecule has 1 N–H and O–H groups in total. The van der Waals surface area contributed by atoms with Gasteiger partial charge < -0.3 is 5.32 Å². The van der Waals surface area contributed by atoms with Gasteiger partial charge in [0.1, 0.15) is 5.82 Å². The Morgan fingerprint density at radius 2 is 2.31 bits per heavy atom. The van der Waals surface area contributed by atoms with Gasteiger partial charge in [-0.15, -0.1) is 0 Å². The van der Waals surface area contributed by atoms with Crippen molar-refractivity contribution in [2.24, 2.45) is 0 Å². The van der Waals surface area contributed by atoms with Gasteiger partial charge in [0, 0.05) is 11.7 Å². The van der Waals surface area contributed by atoms with E-state index in [2.05, 4.69) is 22.9 Å². The van der Waals surface area contributed by atoms with Crippen molar-refractivity contribution in [1.29, 1.82) is 0 Å². The summed E-state index contributed by atoms with van der Waals surface area (Å²) in [5.74, 6) is 0.991. The zero-order valence-corrected chi connectivity index (χ0v) is 7.88. The molecule has 1 fully saturated rings. The maximum Gasteiger partial charge on any atom is 0.126 e. The number of hydrogen-bond acceptors (Lipinski definition) is 2. The Balaban J connectivity index is 2.18. The minimum Gasteiger partial charge on any atom is -0.367 e. The predicted octanol–water partition coefficient (Wildman–Crippen LogP) is 2.61. The summed E-state index contributed by atoms with van der Waals surface area (Å²) in [7, 11) is 0. The second-order valence-corrected chi connectivity index (χ2v) is 3.49. The van der Waals surface area contributed by atoms with E-state index in [4.69, 9.17) is 0 Å². The lowest BCUT2D eigenvalue weighted by Gasteiger charge is -2.05. The molecule has 0 saturated heterocycles. The van der Waals surface area contributed by atoms with Gasteiger partial charge in [-0.25, -0.2) is 4.98 Å². The third-order valence-corrected chi connectivity index (χ3v) is 2.28. The van der Waals surface area contributed by atoms with Crippen LogP contribution in [-0.2, 0) is 0 Å². The third kappa shape index (κ3) is 1.89. The van der Waals surface area contributed by atoms with Gasteiger partial charge >= 0.3 is 0 Å². The lowest BCUT2D eigenvalue weighted by Crippen LogP contribution is -2.03. The normalized spacial score (nSPS) is 15.5. The third-order valence-electron chi connectivity index (χ3n) is 2.28. The van der Waals surface area contributed by atoms with Crippen LogP contribution in [0.4, 0.5) is 5.82 Å². The van der Waals surface area contributed by atoms with E-state index in [0.717, 1.165) is 17.1 Å². The molecule has 0 aromatic carbocycles. The van der Waals surface area contributed by atoms with Gasteiger partial charge in [0.05, 0.1) is 0 Å². The van der Waals surface area contributed by atoms with Crippen molar-refractivity contribution in [2.45, 2.75) is 25.8 Å². The summed E-state index contributed by atoms with van der Waals surface area (Å²) in [4.78, 5) is 4.44. The summed E-state index contributed by atoms with van der Waals surface area (Å²) in [6.07, 6.45) is 4.40. The van der Waals surface area contributed by atoms with Crippen LogP contribution in [0.3, 0.4) is 0 Å². The molecule has 2 nitrogen and oxygen atoms in total. The van der Waals surface area contributed by atoms with E-state index >= 15 is 0 Å². The predicted molar refractivity (Wildman–Crippen MR) is 55.7 cm³/mol. The summed E-state index contributed by atoms with van der Waals surface area (Å²) < 4.78 is 0. The number of nitrogens with zero attached hydrogens (tertiary/aromatic N) is 1. The van der Waals surface area contributed by atoms with Crippen LogP contribution in [0.2, 0.25) is 0 Å². The number of anilines is 1. The number of aromatic nitrogens is 1. The van der Waals surface area contributed by atoms with Gasteiger partial charge in [0.2, 0.25) is 0 Å². The Hall–Kier alpha value is -1.31. The number of hydrogen-bond donors (Lipinski definition) is 1. The molecule has 0 amide bonds. The molecule has 0 unspecified atom stereocenters. The van der Waals surface area contributed by atoms with Crippen LogP contribution in [0.15, 0.2) is 18.7 Å². The molecule has 0 bridgehead atoms. The van der Waals surface area contributed by atoms with Gasteiger partial charge in [-0.2, -0.15) is 0 Å². The van der Waals surface area contributed by atoms with Crippen molar-refractivity contribution >= 4 is 11.9 Å². The second-order valence-electron chi connectivity index (χ2n) is 3.49. The Labute approximate surface area is 78.7 Å². The Morgan fingerprint density at radius 3 is 2.85 bits per heavy atom. The molecule has 1 aliphatic rings. The molecular weight excluding hydrogens is 160 g/mol. The van der Waals surface area contributed by atoms with Gasteiger partial charge in [-0.1, -0.05) is 12.7 Å². The molecule has 2 heteroatoms. The maximum absolute atomic E-state index is 4.44. The monoisotopic (exact) mass is 174 g/mol. The molecule has 13 heavy (non-hydrogen) atoms. The quantitative estimate of drug-likeness (QED) is 0.761. The molecule has 1 heterocycles. The largest absolute Gasteiger partial charge is 0.367 e. The van der Waals surface area contributed by atoms with Crippen LogP contribution in [0.25, 0.3) is 6.08 Å². The molecule has 0 spiro atoms. The zero-order valence-electron chi connectivity index (χ0n) is 7.88. The Morgan fingerprint density at radius 1 is 1.54 bits per heavy atom. The van der Waals surface area contributed by atoms with Crippen molar-refractivity contribution in [1.82, 2.24) is 4.98 Å². The first-order valence-electron chi connectivity index (χ1n) is 4.66. The first kappa shape index (κ1) is 8.30. The second kappa shape index (κ2) is 3.21. The van der Waals surface area contributed by atoms with Crippen molar-refractivity contribution in [3.63, 3.8) is 0 Å². The van der Waals surface area contributed by atoms with Crippen LogP contribution in [0, 0.1) is 6.92 Å². The van der Waals surface area contributed by atoms with Gasteiger partial charge in [0.25, 0.3) is 0 Å². The van der Waals surface area contributed by atoms with Crippen molar-refractivity contribution in [2.75, 3.05) is 5.32 Å². The summed E-state index contributed by atoms with van der Waals surface area (Å²) in [5, 5.41) is 3.36. The molecule has 0 atom stereocenters. The van der Waals surface area contributed by atoms with E-state index in [-0.39, 0.29) is 0 Å². The fraction of sp³-hybridized carbons (Fsp3) is 0.364. The van der Waals surface area contributed by atoms with Gasteiger partial charge in [0.15, 0.2) is 0 Å². The highest BCUT2D eigenvalue weighted by molar-refractivity contribution is 5.53. The Bertz CT molecular complexity index is 327. The standard InChI is InChI=1S/C11H14N2/c1-3-9-4-7-11(12-8(9)2)13-10-5-6-10/h3-4,7,10H,1,5-6H2,2H3,(H,12,13). The fourth-order valence-corrected chi connectivity index (χ4v) is 1.30. The summed E-state index contributed by atoms with van der Waals surface area (Å²) in [6, 6.07) is 4.74. The summed E-state index contributed by atoms with van der Waals surface area (Å²) in [6.45, 7) is 5.74. The molecule has 2 rings (SSSR count). The molecule has 1 aromatic rings. The highest BCUT2D eigenvalue weighted by atomic mass is 15.0. The SMILES string of the molecule is C=Cc1ccc(NC2CC2)nc1C. The van der Waals surface area contributed by atoms with Gasteiger partial charge in [-0.05, 0) is 37.5 Å². The average Bonchev–Trinajstić information content (AvgIpc) is 2.89. The molecule has 68 valence electrons. The van der Waals surface area contributed by atoms with E-state index in [9.17, 15) is 0 Å². The van der Waals surface area contributed by atoms with Crippen molar-refractivity contribution in [3.05, 3.63) is 30.0 Å². The first-order valence-corrected chi connectivity index (χ1v) is 4.66. The molecule has 1 saturated carbocycles. The van der Waals surface area contributed by atoms with Crippen molar-refractivity contribution < 1.29 is 0 Å². The maximum atomic E-state index is 4.44. The highest BCUT2D eigenvalue weighted by Crippen LogP contribution is 2.24. The first-order chi connectivity index (χ1) is 6.29. The summed E-state index contributed by atoms with van der Waals surface area (Å²) in [5.41, 5.74) is 2.15. The zero-order chi connectivity index (χ0) is 9.26. The van der Waals surface area contributed by atoms with Gasteiger partial charge in [-0.3, -0.25) is 0 Å². The number of rotatable bonds is 3. The van der Waals surface area contributed by atoms with E-state index in [1.807, 2.05) is 19.1 Å². The van der Waals surface area contributed by atoms with E-state index in [1.165, 1.54) is 12.8 Å². The van der Waals surface area contributed by atoms with Crippen LogP contribution in [0.1, 0.15) is 24.1 Å². The fourth-order valence-electron chi connectivity index (χ4n) is 1.30. The van der Waals surface area contributed by atoms with Crippen LogP contribution in [0.5, 0.6) is 0 Å². The van der Waals surface area contributed by atoms with Crippen LogP contribution < -0.4 is 5.32 Å². The average molecular weight is 174 g/mol. The summed E-state index contributed by atoms with van der Waals surface area (Å²) >= 11 is 0. The molecule has 1 aliphatic carbocycles. The lowest BCUT2D eigenvalue weighted by atomic mass is 10.2. The van der Waals surface area contributed by atoms with E-state index in [1.54, 1.807) is 0 Å². The number of pyridine rings is 1. The molecule has 0 aliphatic heterocycles. The number of aryl methyl sites for hydroxylation is 1. The molecule has 0 radical (unpaired) electrons. The smallest absolute Gasteiger partial charge is 0.126 e. The van der Waals surface area contributed by atoms with E-state index < -0.39 is 0 Å². The molecular formula is C11H14N2.